The third-order valence-corrected chi connectivity index (χ3v) is 11.2. The highest BCUT2D eigenvalue weighted by Crippen LogP contribution is 2.38. The second-order valence-electron chi connectivity index (χ2n) is 14.8. The number of aliphatic imine (C=N–C) groups is 1. The highest BCUT2D eigenvalue weighted by Gasteiger charge is 2.32. The molecule has 3 amide bonds. The molecule has 8 nitrogen and oxygen atoms in total. The third kappa shape index (κ3) is 12.0. The molecule has 9 rings (SSSR count). The van der Waals surface area contributed by atoms with Crippen LogP contribution >= 0.6 is 11.8 Å². The minimum absolute atomic E-state index is 0.0199. The van der Waals surface area contributed by atoms with E-state index < -0.39 is 35.2 Å². The van der Waals surface area contributed by atoms with Crippen LogP contribution in [0.2, 0.25) is 0 Å². The number of benzodiazepines with no additional fused rings is 1. The molecule has 0 saturated carbocycles. The quantitative estimate of drug-likeness (QED) is 0.153. The normalized spacial score (nSPS) is 14.6. The Morgan fingerprint density at radius 3 is 1.42 bits per heavy atom. The molecule has 0 atom stereocenters. The van der Waals surface area contributed by atoms with E-state index in [1.807, 2.05) is 6.07 Å². The van der Waals surface area contributed by atoms with Crippen molar-refractivity contribution in [1.29, 1.82) is 0 Å². The number of benzene rings is 6. The standard InChI is InChI=1S/C16H11F3N2O.C16H12F3NO2.C16H12F3NOS/c17-16(18,19)13-4-1-10(2-5-13)11-3-6-14-12(7-11)8-20-9-15(22)21-14;2*17-16(18,19)12-4-1-10(2-5-12)11-3-6-13-14(9-11)22-8-7-15(21)20-13/h1-8H,9H2,(H,21,22);2*1-6,9H,7-8H2,(H,20,21). The van der Waals surface area contributed by atoms with Crippen molar-refractivity contribution in [3.05, 3.63) is 150 Å². The number of carbonyl (C=O) groups is 3. The maximum Gasteiger partial charge on any atom is 0.416 e. The predicted octanol–water partition coefficient (Wildman–Crippen LogP) is 12.6. The average Bonchev–Trinajstić information content (AvgIpc) is 3.69. The first-order valence-corrected chi connectivity index (χ1v) is 20.9. The summed E-state index contributed by atoms with van der Waals surface area (Å²) in [5, 5.41) is 8.26. The fourth-order valence-electron chi connectivity index (χ4n) is 6.72. The molecule has 0 fully saturated rings. The molecule has 0 radical (unpaired) electrons. The predicted molar refractivity (Wildman–Crippen MR) is 234 cm³/mol. The van der Waals surface area contributed by atoms with Crippen molar-refractivity contribution in [3.63, 3.8) is 0 Å². The van der Waals surface area contributed by atoms with Crippen LogP contribution in [-0.2, 0) is 32.9 Å². The van der Waals surface area contributed by atoms with Crippen LogP contribution in [0.25, 0.3) is 33.4 Å². The number of alkyl halides is 9. The number of carbonyl (C=O) groups excluding carboxylic acids is 3. The average molecular weight is 935 g/mol. The summed E-state index contributed by atoms with van der Waals surface area (Å²) < 4.78 is 119. The van der Waals surface area contributed by atoms with E-state index in [-0.39, 0.29) is 37.3 Å². The minimum atomic E-state index is -4.35. The highest BCUT2D eigenvalue weighted by atomic mass is 32.2. The second kappa shape index (κ2) is 19.6. The van der Waals surface area contributed by atoms with Crippen molar-refractivity contribution >= 4 is 52.8 Å². The van der Waals surface area contributed by atoms with E-state index in [1.54, 1.807) is 66.5 Å². The zero-order valence-corrected chi connectivity index (χ0v) is 34.9. The van der Waals surface area contributed by atoms with Crippen LogP contribution in [-0.4, -0.2) is 42.8 Å². The van der Waals surface area contributed by atoms with Crippen molar-refractivity contribution in [2.75, 3.05) is 34.9 Å². The van der Waals surface area contributed by atoms with Gasteiger partial charge in [0.2, 0.25) is 17.7 Å². The number of fused-ring (bicyclic) bond motifs is 3. The zero-order valence-electron chi connectivity index (χ0n) is 34.1. The molecule has 3 heterocycles. The van der Waals surface area contributed by atoms with Gasteiger partial charge >= 0.3 is 18.5 Å². The topological polar surface area (TPSA) is 109 Å². The minimum Gasteiger partial charge on any atom is -0.491 e. The maximum absolute atomic E-state index is 12.6. The Kier molecular flexibility index (Phi) is 13.9. The van der Waals surface area contributed by atoms with E-state index in [0.29, 0.717) is 46.0 Å². The fraction of sp³-hybridized carbons (Fsp3) is 0.167. The van der Waals surface area contributed by atoms with Crippen LogP contribution in [0.5, 0.6) is 5.75 Å². The van der Waals surface area contributed by atoms with Crippen molar-refractivity contribution in [2.45, 2.75) is 36.3 Å². The lowest BCUT2D eigenvalue weighted by molar-refractivity contribution is -0.138. The molecule has 0 unspecified atom stereocenters. The molecule has 0 saturated heterocycles. The molecule has 6 aromatic rings. The molecule has 0 aliphatic carbocycles. The molecule has 3 aliphatic heterocycles. The van der Waals surface area contributed by atoms with Gasteiger partial charge in [-0.05, 0) is 106 Å². The van der Waals surface area contributed by atoms with E-state index in [0.717, 1.165) is 69.2 Å². The Morgan fingerprint density at radius 1 is 0.470 bits per heavy atom. The molecule has 66 heavy (non-hydrogen) atoms. The first-order valence-electron chi connectivity index (χ1n) is 19.9. The van der Waals surface area contributed by atoms with Crippen LogP contribution in [0, 0.1) is 0 Å². The fourth-order valence-corrected chi connectivity index (χ4v) is 7.71. The van der Waals surface area contributed by atoms with Gasteiger partial charge < -0.3 is 20.7 Å². The molecule has 0 bridgehead atoms. The van der Waals surface area contributed by atoms with Gasteiger partial charge in [-0.2, -0.15) is 39.5 Å². The van der Waals surface area contributed by atoms with Gasteiger partial charge in [0.05, 0.1) is 41.1 Å². The van der Waals surface area contributed by atoms with Gasteiger partial charge in [-0.1, -0.05) is 54.6 Å². The number of rotatable bonds is 3. The Labute approximate surface area is 375 Å². The molecular formula is C48H35F9N4O4S. The molecule has 340 valence electrons. The smallest absolute Gasteiger partial charge is 0.416 e. The summed E-state index contributed by atoms with van der Waals surface area (Å²) in [6, 6.07) is 30.8. The van der Waals surface area contributed by atoms with Gasteiger partial charge in [0.15, 0.2) is 0 Å². The number of ether oxygens (including phenoxy) is 1. The van der Waals surface area contributed by atoms with Crippen LogP contribution in [0.3, 0.4) is 0 Å². The number of nitrogens with one attached hydrogen (secondary N) is 3. The Morgan fingerprint density at radius 2 is 0.894 bits per heavy atom. The van der Waals surface area contributed by atoms with Crippen LogP contribution in [0.1, 0.15) is 35.1 Å². The van der Waals surface area contributed by atoms with Crippen molar-refractivity contribution in [3.8, 4) is 39.1 Å². The molecule has 3 aliphatic rings. The number of nitrogens with zero attached hydrogens (tertiary/aromatic N) is 1. The van der Waals surface area contributed by atoms with E-state index in [2.05, 4.69) is 20.9 Å². The van der Waals surface area contributed by atoms with Gasteiger partial charge in [-0.15, -0.1) is 11.8 Å². The SMILES string of the molecule is O=C1CCOc2cc(-c3ccc(C(F)(F)F)cc3)ccc2N1.O=C1CCSc2cc(-c3ccc(C(F)(F)F)cc3)ccc2N1.O=C1CN=Cc2cc(-c3ccc(C(F)(F)F)cc3)ccc2N1. The summed E-state index contributed by atoms with van der Waals surface area (Å²) in [7, 11) is 0. The lowest BCUT2D eigenvalue weighted by atomic mass is 10.0. The largest absolute Gasteiger partial charge is 0.491 e. The molecule has 18 heteroatoms. The number of thioether (sulfide) groups is 1. The Balaban J connectivity index is 0.000000147. The lowest BCUT2D eigenvalue weighted by Crippen LogP contribution is -2.13. The lowest BCUT2D eigenvalue weighted by Gasteiger charge is -2.11. The summed E-state index contributed by atoms with van der Waals surface area (Å²) in [5.74, 6) is 0.866. The highest BCUT2D eigenvalue weighted by molar-refractivity contribution is 7.99. The molecule has 6 aromatic carbocycles. The second-order valence-corrected chi connectivity index (χ2v) is 15.9. The summed E-state index contributed by atoms with van der Waals surface area (Å²) >= 11 is 1.57. The molecule has 0 aromatic heterocycles. The zero-order chi connectivity index (χ0) is 47.2. The van der Waals surface area contributed by atoms with Crippen LogP contribution < -0.4 is 20.7 Å². The number of hydrogen-bond donors (Lipinski definition) is 3. The Hall–Kier alpha value is -7.08. The van der Waals surface area contributed by atoms with E-state index in [1.165, 1.54) is 36.4 Å². The first kappa shape index (κ1) is 46.9. The summed E-state index contributed by atoms with van der Waals surface area (Å²) in [4.78, 5) is 39.3. The first-order chi connectivity index (χ1) is 31.3. The van der Waals surface area contributed by atoms with Gasteiger partial charge in [-0.3, -0.25) is 19.4 Å². The van der Waals surface area contributed by atoms with Gasteiger partial charge in [0.1, 0.15) is 12.3 Å². The molecule has 3 N–H and O–H groups in total. The number of amides is 3. The van der Waals surface area contributed by atoms with Crippen LogP contribution in [0.4, 0.5) is 56.6 Å². The number of halogens is 9. The van der Waals surface area contributed by atoms with Gasteiger partial charge in [-0.25, -0.2) is 0 Å². The summed E-state index contributed by atoms with van der Waals surface area (Å²) in [5.41, 5.74) is 5.00. The maximum atomic E-state index is 12.6. The molecular weight excluding hydrogens is 900 g/mol. The molecule has 0 spiro atoms. The van der Waals surface area contributed by atoms with Crippen molar-refractivity contribution in [1.82, 2.24) is 0 Å². The Bertz CT molecular complexity index is 2650. The number of anilines is 3. The van der Waals surface area contributed by atoms with E-state index in [9.17, 15) is 53.9 Å². The summed E-state index contributed by atoms with van der Waals surface area (Å²) in [6.07, 6.45) is -10.7. The van der Waals surface area contributed by atoms with Crippen molar-refractivity contribution in [2.24, 2.45) is 4.99 Å². The van der Waals surface area contributed by atoms with E-state index in [4.69, 9.17) is 4.74 Å². The monoisotopic (exact) mass is 934 g/mol. The van der Waals surface area contributed by atoms with Gasteiger partial charge in [0.25, 0.3) is 0 Å². The van der Waals surface area contributed by atoms with Crippen molar-refractivity contribution < 1.29 is 58.6 Å². The number of hydrogen-bond acceptors (Lipinski definition) is 6. The summed E-state index contributed by atoms with van der Waals surface area (Å²) in [6.45, 7) is 0.333. The van der Waals surface area contributed by atoms with Crippen LogP contribution in [0.15, 0.2) is 137 Å². The van der Waals surface area contributed by atoms with E-state index >= 15 is 0 Å². The third-order valence-electron chi connectivity index (χ3n) is 10.1. The van der Waals surface area contributed by atoms with Gasteiger partial charge in [0, 0.05) is 34.5 Å².